The van der Waals surface area contributed by atoms with E-state index in [0.717, 1.165) is 25.9 Å². The van der Waals surface area contributed by atoms with E-state index in [0.29, 0.717) is 32.0 Å². The van der Waals surface area contributed by atoms with Crippen LogP contribution in [-0.2, 0) is 9.59 Å². The molecule has 0 bridgehead atoms. The number of carbonyl (C=O) groups excluding carboxylic acids is 2. The highest BCUT2D eigenvalue weighted by atomic mass is 35.5. The van der Waals surface area contributed by atoms with Crippen LogP contribution in [-0.4, -0.2) is 79.4 Å². The predicted octanol–water partition coefficient (Wildman–Crippen LogP) is 0.826. The molecule has 0 aromatic heterocycles. The molecule has 3 unspecified atom stereocenters. The largest absolute Gasteiger partial charge is 0.341 e. The van der Waals surface area contributed by atoms with Crippen molar-refractivity contribution in [2.45, 2.75) is 32.2 Å². The molecule has 0 saturated carbocycles. The van der Waals surface area contributed by atoms with Crippen molar-refractivity contribution in [3.8, 4) is 0 Å². The van der Waals surface area contributed by atoms with Crippen LogP contribution in [0.3, 0.4) is 0 Å². The number of piperidine rings is 1. The highest BCUT2D eigenvalue weighted by Gasteiger charge is 2.39. The Labute approximate surface area is 157 Å². The average molecular weight is 383 g/mol. The third-order valence-electron chi connectivity index (χ3n) is 4.91. The molecule has 2 aliphatic heterocycles. The highest BCUT2D eigenvalue weighted by molar-refractivity contribution is 5.89. The molecule has 2 amide bonds. The van der Waals surface area contributed by atoms with Gasteiger partial charge in [0.25, 0.3) is 0 Å². The quantitative estimate of drug-likeness (QED) is 0.764. The van der Waals surface area contributed by atoms with E-state index in [-0.39, 0.29) is 48.6 Å². The fraction of sp³-hybridized carbons (Fsp3) is 0.875. The van der Waals surface area contributed by atoms with Crippen LogP contribution < -0.4 is 5.73 Å². The van der Waals surface area contributed by atoms with Gasteiger partial charge >= 0.3 is 0 Å². The molecule has 0 radical (unpaired) electrons. The van der Waals surface area contributed by atoms with E-state index in [2.05, 4.69) is 11.8 Å². The third-order valence-corrected chi connectivity index (χ3v) is 4.91. The molecule has 0 aromatic carbocycles. The number of carbonyl (C=O) groups is 2. The van der Waals surface area contributed by atoms with E-state index < -0.39 is 0 Å². The summed E-state index contributed by atoms with van der Waals surface area (Å²) in [7, 11) is 3.98. The van der Waals surface area contributed by atoms with E-state index in [1.54, 1.807) is 0 Å². The summed E-state index contributed by atoms with van der Waals surface area (Å²) in [6, 6.07) is 0.141. The smallest absolute Gasteiger partial charge is 0.228 e. The molecule has 24 heavy (non-hydrogen) atoms. The topological polar surface area (TPSA) is 69.9 Å². The fourth-order valence-electron chi connectivity index (χ4n) is 3.47. The van der Waals surface area contributed by atoms with Gasteiger partial charge in [0.1, 0.15) is 0 Å². The fourth-order valence-corrected chi connectivity index (χ4v) is 3.47. The molecule has 2 rings (SSSR count). The number of amides is 2. The van der Waals surface area contributed by atoms with Gasteiger partial charge < -0.3 is 20.4 Å². The van der Waals surface area contributed by atoms with Crippen molar-refractivity contribution in [3.63, 3.8) is 0 Å². The van der Waals surface area contributed by atoms with Crippen LogP contribution in [0, 0.1) is 11.8 Å². The number of hydrogen-bond donors (Lipinski definition) is 1. The molecule has 2 aliphatic rings. The molecule has 0 aromatic rings. The van der Waals surface area contributed by atoms with Gasteiger partial charge in [-0.1, -0.05) is 6.92 Å². The number of hydrogen-bond acceptors (Lipinski definition) is 4. The van der Waals surface area contributed by atoms with Crippen LogP contribution in [0.2, 0.25) is 0 Å². The summed E-state index contributed by atoms with van der Waals surface area (Å²) < 4.78 is 0. The van der Waals surface area contributed by atoms with E-state index in [4.69, 9.17) is 5.73 Å². The summed E-state index contributed by atoms with van der Waals surface area (Å²) in [6.07, 6.45) is 2.37. The van der Waals surface area contributed by atoms with Crippen molar-refractivity contribution < 1.29 is 9.59 Å². The average Bonchev–Trinajstić information content (AvgIpc) is 2.85. The monoisotopic (exact) mass is 382 g/mol. The predicted molar refractivity (Wildman–Crippen MR) is 101 cm³/mol. The van der Waals surface area contributed by atoms with Gasteiger partial charge in [0.2, 0.25) is 11.8 Å². The van der Waals surface area contributed by atoms with Crippen molar-refractivity contribution in [3.05, 3.63) is 0 Å². The van der Waals surface area contributed by atoms with Gasteiger partial charge in [-0.25, -0.2) is 0 Å². The molecule has 3 atom stereocenters. The molecule has 2 saturated heterocycles. The Bertz CT molecular complexity index is 423. The standard InChI is InChI=1S/C16H30N4O2.2ClH/c1-12-4-5-20(14(8-12)10-17)16(22)13-9-15(21)19(11-13)7-6-18(2)3;;/h12-14H,4-11,17H2,1-3H3;2*1H. The van der Waals surface area contributed by atoms with E-state index in [1.165, 1.54) is 0 Å². The second-order valence-electron chi connectivity index (χ2n) is 7.09. The minimum Gasteiger partial charge on any atom is -0.341 e. The SMILES string of the molecule is CC1CCN(C(=O)C2CC(=O)N(CCN(C)C)C2)C(CN)C1.Cl.Cl. The number of nitrogens with two attached hydrogens (primary N) is 1. The lowest BCUT2D eigenvalue weighted by Crippen LogP contribution is -2.51. The molecule has 2 fully saturated rings. The Morgan fingerprint density at radius 1 is 1.33 bits per heavy atom. The lowest BCUT2D eigenvalue weighted by molar-refractivity contribution is -0.139. The maximum Gasteiger partial charge on any atom is 0.228 e. The first-order valence-corrected chi connectivity index (χ1v) is 8.35. The lowest BCUT2D eigenvalue weighted by Gasteiger charge is -2.39. The summed E-state index contributed by atoms with van der Waals surface area (Å²) >= 11 is 0. The minimum absolute atomic E-state index is 0. The molecule has 6 nitrogen and oxygen atoms in total. The normalized spacial score (nSPS) is 27.0. The van der Waals surface area contributed by atoms with Crippen molar-refractivity contribution >= 4 is 36.6 Å². The van der Waals surface area contributed by atoms with Crippen LogP contribution in [0.25, 0.3) is 0 Å². The van der Waals surface area contributed by atoms with Crippen molar-refractivity contribution in [2.24, 2.45) is 17.6 Å². The van der Waals surface area contributed by atoms with Crippen molar-refractivity contribution in [1.29, 1.82) is 0 Å². The zero-order chi connectivity index (χ0) is 16.3. The Kier molecular flexibility index (Phi) is 10.2. The second-order valence-corrected chi connectivity index (χ2v) is 7.09. The Balaban J connectivity index is 0.00000264. The summed E-state index contributed by atoms with van der Waals surface area (Å²) in [5.74, 6) is 0.675. The van der Waals surface area contributed by atoms with Gasteiger partial charge in [-0.05, 0) is 32.9 Å². The zero-order valence-electron chi connectivity index (χ0n) is 14.9. The van der Waals surface area contributed by atoms with Crippen LogP contribution >= 0.6 is 24.8 Å². The summed E-state index contributed by atoms with van der Waals surface area (Å²) in [5, 5.41) is 0. The van der Waals surface area contributed by atoms with Crippen molar-refractivity contribution in [1.82, 2.24) is 14.7 Å². The first-order chi connectivity index (χ1) is 10.4. The Hall–Kier alpha value is -0.560. The third kappa shape index (κ3) is 5.76. The van der Waals surface area contributed by atoms with Gasteiger partial charge in [0.05, 0.1) is 5.92 Å². The van der Waals surface area contributed by atoms with Crippen LogP contribution in [0.1, 0.15) is 26.2 Å². The maximum absolute atomic E-state index is 12.8. The van der Waals surface area contributed by atoms with Gasteiger partial charge in [-0.3, -0.25) is 9.59 Å². The first kappa shape index (κ1) is 23.4. The van der Waals surface area contributed by atoms with Crippen LogP contribution in [0.15, 0.2) is 0 Å². The molecule has 2 N–H and O–H groups in total. The number of nitrogens with zero attached hydrogens (tertiary/aromatic N) is 3. The van der Waals surface area contributed by atoms with E-state index in [9.17, 15) is 9.59 Å². The molecule has 0 spiro atoms. The Morgan fingerprint density at radius 3 is 2.58 bits per heavy atom. The molecule has 142 valence electrons. The highest BCUT2D eigenvalue weighted by Crippen LogP contribution is 2.27. The van der Waals surface area contributed by atoms with Gasteiger partial charge in [-0.2, -0.15) is 0 Å². The minimum atomic E-state index is -0.183. The number of likely N-dealkylation sites (tertiary alicyclic amines) is 2. The lowest BCUT2D eigenvalue weighted by atomic mass is 9.91. The summed E-state index contributed by atoms with van der Waals surface area (Å²) in [5.41, 5.74) is 5.85. The Morgan fingerprint density at radius 2 is 2.00 bits per heavy atom. The number of rotatable bonds is 5. The summed E-state index contributed by atoms with van der Waals surface area (Å²) in [4.78, 5) is 30.7. The van der Waals surface area contributed by atoms with E-state index >= 15 is 0 Å². The molecule has 2 heterocycles. The van der Waals surface area contributed by atoms with Crippen LogP contribution in [0.5, 0.6) is 0 Å². The van der Waals surface area contributed by atoms with Gasteiger partial charge in [0, 0.05) is 45.2 Å². The summed E-state index contributed by atoms with van der Waals surface area (Å²) in [6.45, 7) is 5.61. The molecule has 0 aliphatic carbocycles. The number of halogens is 2. The van der Waals surface area contributed by atoms with Crippen molar-refractivity contribution in [2.75, 3.05) is 46.8 Å². The van der Waals surface area contributed by atoms with Crippen LogP contribution in [0.4, 0.5) is 0 Å². The molecular formula is C16H32Cl2N4O2. The van der Waals surface area contributed by atoms with E-state index in [1.807, 2.05) is 23.9 Å². The first-order valence-electron chi connectivity index (χ1n) is 8.35. The molecular weight excluding hydrogens is 351 g/mol. The number of likely N-dealkylation sites (N-methyl/N-ethyl adjacent to an activating group) is 1. The zero-order valence-corrected chi connectivity index (χ0v) is 16.6. The second kappa shape index (κ2) is 10.4. The maximum atomic E-state index is 12.8. The van der Waals surface area contributed by atoms with Gasteiger partial charge in [0.15, 0.2) is 0 Å². The van der Waals surface area contributed by atoms with Gasteiger partial charge in [-0.15, -0.1) is 24.8 Å². The molecule has 8 heteroatoms.